The second kappa shape index (κ2) is 3.90. The van der Waals surface area contributed by atoms with Gasteiger partial charge in [-0.3, -0.25) is 0 Å². The van der Waals surface area contributed by atoms with Crippen molar-refractivity contribution in [2.75, 3.05) is 7.11 Å². The molecule has 2 nitrogen and oxygen atoms in total. The van der Waals surface area contributed by atoms with Crippen LogP contribution in [0.3, 0.4) is 0 Å². The molecule has 1 aliphatic rings. The van der Waals surface area contributed by atoms with Gasteiger partial charge in [0.1, 0.15) is 11.6 Å². The molecule has 0 saturated heterocycles. The third kappa shape index (κ3) is 2.02. The Balaban J connectivity index is 2.47. The fourth-order valence-corrected chi connectivity index (χ4v) is 2.21. The first-order valence-corrected chi connectivity index (χ1v) is 5.65. The Bertz CT molecular complexity index is 430. The molecule has 1 aromatic carbocycles. The van der Waals surface area contributed by atoms with Gasteiger partial charge >= 0.3 is 0 Å². The Morgan fingerprint density at radius 2 is 2.19 bits per heavy atom. The van der Waals surface area contributed by atoms with Crippen LogP contribution in [0.2, 0.25) is 5.02 Å². The summed E-state index contributed by atoms with van der Waals surface area (Å²) in [6, 6.07) is 1.58. The Hall–Kier alpha value is -0.800. The Morgan fingerprint density at radius 1 is 1.56 bits per heavy atom. The SMILES string of the molecule is COc1c(C)cc(Cl)c(F)c1CC1(N)CC1. The average molecular weight is 244 g/mol. The van der Waals surface area contributed by atoms with E-state index >= 15 is 0 Å². The predicted octanol–water partition coefficient (Wildman–Crippen LogP) is 2.83. The first kappa shape index (κ1) is 11.7. The molecule has 1 aromatic rings. The smallest absolute Gasteiger partial charge is 0.148 e. The van der Waals surface area contributed by atoms with Gasteiger partial charge in [0.05, 0.1) is 12.1 Å². The van der Waals surface area contributed by atoms with Crippen LogP contribution in [0.1, 0.15) is 24.0 Å². The molecule has 0 atom stereocenters. The molecule has 0 heterocycles. The van der Waals surface area contributed by atoms with Gasteiger partial charge in [0, 0.05) is 11.1 Å². The highest BCUT2D eigenvalue weighted by atomic mass is 35.5. The van der Waals surface area contributed by atoms with Crippen LogP contribution in [-0.2, 0) is 6.42 Å². The molecule has 1 aliphatic carbocycles. The number of methoxy groups -OCH3 is 1. The van der Waals surface area contributed by atoms with Gasteiger partial charge in [0.25, 0.3) is 0 Å². The third-order valence-electron chi connectivity index (χ3n) is 3.08. The number of hydrogen-bond acceptors (Lipinski definition) is 2. The number of benzene rings is 1. The van der Waals surface area contributed by atoms with Crippen molar-refractivity contribution in [1.29, 1.82) is 0 Å². The van der Waals surface area contributed by atoms with E-state index in [0.29, 0.717) is 17.7 Å². The van der Waals surface area contributed by atoms with Crippen molar-refractivity contribution in [1.82, 2.24) is 0 Å². The zero-order chi connectivity index (χ0) is 11.9. The van der Waals surface area contributed by atoms with E-state index in [2.05, 4.69) is 0 Å². The maximum Gasteiger partial charge on any atom is 0.148 e. The molecular formula is C12H15ClFNO. The van der Waals surface area contributed by atoms with E-state index in [1.165, 1.54) is 7.11 Å². The van der Waals surface area contributed by atoms with E-state index < -0.39 is 5.82 Å². The molecule has 2 N–H and O–H groups in total. The van der Waals surface area contributed by atoms with Gasteiger partial charge in [-0.25, -0.2) is 4.39 Å². The minimum Gasteiger partial charge on any atom is -0.496 e. The molecule has 0 radical (unpaired) electrons. The van der Waals surface area contributed by atoms with Gasteiger partial charge in [-0.2, -0.15) is 0 Å². The van der Waals surface area contributed by atoms with Crippen LogP contribution in [0, 0.1) is 12.7 Å². The monoisotopic (exact) mass is 243 g/mol. The van der Waals surface area contributed by atoms with Crippen LogP contribution in [-0.4, -0.2) is 12.6 Å². The summed E-state index contributed by atoms with van der Waals surface area (Å²) >= 11 is 5.83. The zero-order valence-electron chi connectivity index (χ0n) is 9.44. The van der Waals surface area contributed by atoms with Gasteiger partial charge in [0.15, 0.2) is 0 Å². The van der Waals surface area contributed by atoms with Crippen molar-refractivity contribution in [2.24, 2.45) is 5.73 Å². The topological polar surface area (TPSA) is 35.2 Å². The summed E-state index contributed by atoms with van der Waals surface area (Å²) in [7, 11) is 1.54. The molecule has 16 heavy (non-hydrogen) atoms. The maximum atomic E-state index is 13.9. The number of halogens is 2. The molecule has 4 heteroatoms. The number of ether oxygens (including phenoxy) is 1. The van der Waals surface area contributed by atoms with E-state index in [1.807, 2.05) is 6.92 Å². The maximum absolute atomic E-state index is 13.9. The van der Waals surface area contributed by atoms with Gasteiger partial charge in [0.2, 0.25) is 0 Å². The summed E-state index contributed by atoms with van der Waals surface area (Å²) in [4.78, 5) is 0. The average Bonchev–Trinajstić information content (AvgIpc) is 2.93. The van der Waals surface area contributed by atoms with Crippen LogP contribution in [0.4, 0.5) is 4.39 Å². The molecule has 2 rings (SSSR count). The quantitative estimate of drug-likeness (QED) is 0.886. The molecule has 88 valence electrons. The van der Waals surface area contributed by atoms with Crippen molar-refractivity contribution < 1.29 is 9.13 Å². The van der Waals surface area contributed by atoms with Gasteiger partial charge in [-0.05, 0) is 37.8 Å². The Morgan fingerprint density at radius 3 is 2.69 bits per heavy atom. The first-order valence-electron chi connectivity index (χ1n) is 5.27. The number of rotatable bonds is 3. The number of nitrogens with two attached hydrogens (primary N) is 1. The van der Waals surface area contributed by atoms with Gasteiger partial charge in [-0.1, -0.05) is 11.6 Å². The lowest BCUT2D eigenvalue weighted by molar-refractivity contribution is 0.398. The van der Waals surface area contributed by atoms with Crippen LogP contribution < -0.4 is 10.5 Å². The molecule has 1 saturated carbocycles. The second-order valence-electron chi connectivity index (χ2n) is 4.54. The van der Waals surface area contributed by atoms with Crippen molar-refractivity contribution in [2.45, 2.75) is 31.7 Å². The van der Waals surface area contributed by atoms with Crippen LogP contribution >= 0.6 is 11.6 Å². The third-order valence-corrected chi connectivity index (χ3v) is 3.35. The summed E-state index contributed by atoms with van der Waals surface area (Å²) in [6.07, 6.45) is 2.35. The molecule has 1 fully saturated rings. The molecule has 0 aromatic heterocycles. The van der Waals surface area contributed by atoms with Crippen LogP contribution in [0.5, 0.6) is 5.75 Å². The van der Waals surface area contributed by atoms with E-state index in [4.69, 9.17) is 22.1 Å². The summed E-state index contributed by atoms with van der Waals surface area (Å²) < 4.78 is 19.2. The van der Waals surface area contributed by atoms with E-state index in [0.717, 1.165) is 18.4 Å². The molecule has 0 aliphatic heterocycles. The zero-order valence-corrected chi connectivity index (χ0v) is 10.2. The minimum absolute atomic E-state index is 0.137. The van der Waals surface area contributed by atoms with Gasteiger partial charge < -0.3 is 10.5 Å². The van der Waals surface area contributed by atoms with Gasteiger partial charge in [-0.15, -0.1) is 0 Å². The minimum atomic E-state index is -0.402. The van der Waals surface area contributed by atoms with E-state index in [-0.39, 0.29) is 10.6 Å². The van der Waals surface area contributed by atoms with Crippen LogP contribution in [0.15, 0.2) is 6.07 Å². The number of aryl methyl sites for hydroxylation is 1. The van der Waals surface area contributed by atoms with Crippen molar-refractivity contribution in [3.63, 3.8) is 0 Å². The first-order chi connectivity index (χ1) is 7.47. The standard InChI is InChI=1S/C12H15ClFNO/c1-7-5-9(13)10(14)8(11(7)16-2)6-12(15)3-4-12/h5H,3-4,6,15H2,1-2H3. The van der Waals surface area contributed by atoms with Crippen molar-refractivity contribution in [3.8, 4) is 5.75 Å². The summed E-state index contributed by atoms with van der Waals surface area (Å²) in [6.45, 7) is 1.85. The Labute approximate surface area is 99.5 Å². The second-order valence-corrected chi connectivity index (χ2v) is 4.95. The fraction of sp³-hybridized carbons (Fsp3) is 0.500. The molecular weight excluding hydrogens is 229 g/mol. The van der Waals surface area contributed by atoms with E-state index in [9.17, 15) is 4.39 Å². The van der Waals surface area contributed by atoms with Crippen molar-refractivity contribution >= 4 is 11.6 Å². The largest absolute Gasteiger partial charge is 0.496 e. The van der Waals surface area contributed by atoms with E-state index in [1.54, 1.807) is 6.07 Å². The summed E-state index contributed by atoms with van der Waals surface area (Å²) in [5.41, 5.74) is 7.10. The summed E-state index contributed by atoms with van der Waals surface area (Å²) in [5.74, 6) is 0.166. The molecule has 0 spiro atoms. The molecule has 0 bridgehead atoms. The predicted molar refractivity (Wildman–Crippen MR) is 62.6 cm³/mol. The molecule has 0 unspecified atom stereocenters. The van der Waals surface area contributed by atoms with Crippen LogP contribution in [0.25, 0.3) is 0 Å². The highest BCUT2D eigenvalue weighted by Gasteiger charge is 2.40. The Kier molecular flexibility index (Phi) is 2.84. The number of hydrogen-bond donors (Lipinski definition) is 1. The van der Waals surface area contributed by atoms with Crippen molar-refractivity contribution in [3.05, 3.63) is 28.0 Å². The highest BCUT2D eigenvalue weighted by Crippen LogP contribution is 2.40. The highest BCUT2D eigenvalue weighted by molar-refractivity contribution is 6.31. The molecule has 0 amide bonds. The lowest BCUT2D eigenvalue weighted by Crippen LogP contribution is -2.25. The summed E-state index contributed by atoms with van der Waals surface area (Å²) in [5, 5.41) is 0.137. The normalized spacial score (nSPS) is 17.3. The fourth-order valence-electron chi connectivity index (χ4n) is 1.93. The lowest BCUT2D eigenvalue weighted by Gasteiger charge is -2.16. The lowest BCUT2D eigenvalue weighted by atomic mass is 10.0.